The molecule has 24 heavy (non-hydrogen) atoms. The largest absolute Gasteiger partial charge is 0.392 e. The molecular formula is C18H22N2O3S. The molecule has 1 aliphatic rings. The number of rotatable bonds is 5. The Morgan fingerprint density at radius 3 is 2.21 bits per heavy atom. The standard InChI is InChI=1S/C18H22N2O3S/c21-15-17-6-4-5-16(13-17)14-19-9-11-20(12-10-19)24(22,23)18-7-2-1-3-8-18/h1-8,13,21H,9-12,14-15H2. The van der Waals surface area contributed by atoms with E-state index in [1.54, 1.807) is 28.6 Å². The van der Waals surface area contributed by atoms with Crippen molar-refractivity contribution in [2.24, 2.45) is 0 Å². The number of benzene rings is 2. The van der Waals surface area contributed by atoms with Crippen LogP contribution in [0.25, 0.3) is 0 Å². The van der Waals surface area contributed by atoms with Crippen LogP contribution in [0.5, 0.6) is 0 Å². The minimum Gasteiger partial charge on any atom is -0.392 e. The smallest absolute Gasteiger partial charge is 0.243 e. The third-order valence-corrected chi connectivity index (χ3v) is 6.21. The molecule has 0 saturated carbocycles. The van der Waals surface area contributed by atoms with Gasteiger partial charge in [-0.3, -0.25) is 4.90 Å². The quantitative estimate of drug-likeness (QED) is 0.895. The molecule has 0 bridgehead atoms. The van der Waals surface area contributed by atoms with Gasteiger partial charge in [-0.2, -0.15) is 4.31 Å². The summed E-state index contributed by atoms with van der Waals surface area (Å²) >= 11 is 0. The third-order valence-electron chi connectivity index (χ3n) is 4.29. The number of aliphatic hydroxyl groups is 1. The van der Waals surface area contributed by atoms with Crippen LogP contribution in [0.1, 0.15) is 11.1 Å². The monoisotopic (exact) mass is 346 g/mol. The fraction of sp³-hybridized carbons (Fsp3) is 0.333. The first-order valence-electron chi connectivity index (χ1n) is 8.06. The van der Waals surface area contributed by atoms with Crippen LogP contribution < -0.4 is 0 Å². The van der Waals surface area contributed by atoms with Crippen LogP contribution >= 0.6 is 0 Å². The molecule has 2 aromatic rings. The van der Waals surface area contributed by atoms with E-state index in [4.69, 9.17) is 0 Å². The summed E-state index contributed by atoms with van der Waals surface area (Å²) in [4.78, 5) is 2.60. The zero-order valence-electron chi connectivity index (χ0n) is 13.5. The molecule has 0 radical (unpaired) electrons. The van der Waals surface area contributed by atoms with E-state index >= 15 is 0 Å². The molecule has 5 nitrogen and oxygen atoms in total. The molecule has 1 aliphatic heterocycles. The molecule has 1 fully saturated rings. The molecule has 6 heteroatoms. The Labute approximate surface area is 143 Å². The van der Waals surface area contributed by atoms with Gasteiger partial charge < -0.3 is 5.11 Å². The summed E-state index contributed by atoms with van der Waals surface area (Å²) in [6, 6.07) is 16.5. The average Bonchev–Trinajstić information content (AvgIpc) is 2.63. The number of hydrogen-bond acceptors (Lipinski definition) is 4. The second-order valence-corrected chi connectivity index (χ2v) is 7.91. The van der Waals surface area contributed by atoms with Crippen molar-refractivity contribution in [2.75, 3.05) is 26.2 Å². The van der Waals surface area contributed by atoms with Gasteiger partial charge in [0, 0.05) is 32.7 Å². The topological polar surface area (TPSA) is 60.9 Å². The van der Waals surface area contributed by atoms with E-state index in [0.29, 0.717) is 31.1 Å². The maximum absolute atomic E-state index is 12.6. The normalized spacial score (nSPS) is 17.0. The Hall–Kier alpha value is -1.73. The average molecular weight is 346 g/mol. The van der Waals surface area contributed by atoms with E-state index in [-0.39, 0.29) is 6.61 Å². The maximum Gasteiger partial charge on any atom is 0.243 e. The molecule has 0 aliphatic carbocycles. The van der Waals surface area contributed by atoms with Gasteiger partial charge in [-0.1, -0.05) is 42.5 Å². The van der Waals surface area contributed by atoms with Gasteiger partial charge in [0.15, 0.2) is 0 Å². The summed E-state index contributed by atoms with van der Waals surface area (Å²) < 4.78 is 26.8. The van der Waals surface area contributed by atoms with Crippen molar-refractivity contribution in [1.29, 1.82) is 0 Å². The second kappa shape index (κ2) is 7.44. The molecule has 1 N–H and O–H groups in total. The Bertz CT molecular complexity index is 770. The molecule has 0 atom stereocenters. The SMILES string of the molecule is O=S(=O)(c1ccccc1)N1CCN(Cc2cccc(CO)c2)CC1. The predicted octanol–water partition coefficient (Wildman–Crippen LogP) is 1.69. The lowest BCUT2D eigenvalue weighted by Crippen LogP contribution is -2.48. The van der Waals surface area contributed by atoms with E-state index in [0.717, 1.165) is 17.7 Å². The number of aliphatic hydroxyl groups excluding tert-OH is 1. The van der Waals surface area contributed by atoms with Crippen LogP contribution in [-0.4, -0.2) is 48.9 Å². The van der Waals surface area contributed by atoms with Gasteiger partial charge in [0.2, 0.25) is 10.0 Å². The van der Waals surface area contributed by atoms with Crippen molar-refractivity contribution in [3.63, 3.8) is 0 Å². The summed E-state index contributed by atoms with van der Waals surface area (Å²) in [6.07, 6.45) is 0. The van der Waals surface area contributed by atoms with Gasteiger partial charge in [-0.25, -0.2) is 8.42 Å². The lowest BCUT2D eigenvalue weighted by molar-refractivity contribution is 0.181. The Kier molecular flexibility index (Phi) is 5.30. The van der Waals surface area contributed by atoms with Crippen molar-refractivity contribution in [3.05, 3.63) is 65.7 Å². The van der Waals surface area contributed by atoms with Gasteiger partial charge in [0.05, 0.1) is 11.5 Å². The van der Waals surface area contributed by atoms with Gasteiger partial charge in [-0.15, -0.1) is 0 Å². The molecule has 0 unspecified atom stereocenters. The van der Waals surface area contributed by atoms with E-state index in [1.807, 2.05) is 30.3 Å². The van der Waals surface area contributed by atoms with Crippen LogP contribution in [0, 0.1) is 0 Å². The fourth-order valence-electron chi connectivity index (χ4n) is 2.95. The number of piperazine rings is 1. The summed E-state index contributed by atoms with van der Waals surface area (Å²) in [6.45, 7) is 3.21. The van der Waals surface area contributed by atoms with Gasteiger partial charge in [0.1, 0.15) is 0 Å². The van der Waals surface area contributed by atoms with Crippen LogP contribution in [0.15, 0.2) is 59.5 Å². The van der Waals surface area contributed by atoms with Crippen molar-refractivity contribution in [3.8, 4) is 0 Å². The molecule has 1 saturated heterocycles. The van der Waals surface area contributed by atoms with Crippen LogP contribution in [0.2, 0.25) is 0 Å². The number of sulfonamides is 1. The first-order valence-corrected chi connectivity index (χ1v) is 9.50. The highest BCUT2D eigenvalue weighted by molar-refractivity contribution is 7.89. The van der Waals surface area contributed by atoms with Crippen LogP contribution in [0.4, 0.5) is 0 Å². The van der Waals surface area contributed by atoms with Crippen molar-refractivity contribution < 1.29 is 13.5 Å². The zero-order valence-corrected chi connectivity index (χ0v) is 14.3. The first kappa shape index (κ1) is 17.1. The zero-order chi connectivity index (χ0) is 17.0. The third kappa shape index (κ3) is 3.84. The highest BCUT2D eigenvalue weighted by Crippen LogP contribution is 2.18. The first-order chi connectivity index (χ1) is 11.6. The molecule has 1 heterocycles. The fourth-order valence-corrected chi connectivity index (χ4v) is 4.40. The second-order valence-electron chi connectivity index (χ2n) is 5.97. The predicted molar refractivity (Wildman–Crippen MR) is 92.8 cm³/mol. The Morgan fingerprint density at radius 2 is 1.54 bits per heavy atom. The minimum absolute atomic E-state index is 0.0386. The number of nitrogens with zero attached hydrogens (tertiary/aromatic N) is 2. The molecule has 0 spiro atoms. The molecule has 128 valence electrons. The summed E-state index contributed by atoms with van der Waals surface area (Å²) in [7, 11) is -3.40. The molecule has 2 aromatic carbocycles. The van der Waals surface area contributed by atoms with Gasteiger partial charge >= 0.3 is 0 Å². The van der Waals surface area contributed by atoms with Crippen LogP contribution in [-0.2, 0) is 23.2 Å². The highest BCUT2D eigenvalue weighted by Gasteiger charge is 2.28. The summed E-state index contributed by atoms with van der Waals surface area (Å²) in [5.74, 6) is 0. The highest BCUT2D eigenvalue weighted by atomic mass is 32.2. The molecule has 0 aromatic heterocycles. The summed E-state index contributed by atoms with van der Waals surface area (Å²) in [5, 5.41) is 9.21. The van der Waals surface area contributed by atoms with E-state index in [1.165, 1.54) is 0 Å². The van der Waals surface area contributed by atoms with E-state index in [2.05, 4.69) is 4.90 Å². The van der Waals surface area contributed by atoms with Crippen molar-refractivity contribution in [2.45, 2.75) is 18.0 Å². The summed E-state index contributed by atoms with van der Waals surface area (Å²) in [5.41, 5.74) is 2.04. The Balaban J connectivity index is 1.61. The molecular weight excluding hydrogens is 324 g/mol. The van der Waals surface area contributed by atoms with Gasteiger partial charge in [-0.05, 0) is 23.3 Å². The van der Waals surface area contributed by atoms with E-state index < -0.39 is 10.0 Å². The van der Waals surface area contributed by atoms with Crippen LogP contribution in [0.3, 0.4) is 0 Å². The minimum atomic E-state index is -3.40. The van der Waals surface area contributed by atoms with Gasteiger partial charge in [0.25, 0.3) is 0 Å². The number of hydrogen-bond donors (Lipinski definition) is 1. The van der Waals surface area contributed by atoms with Crippen molar-refractivity contribution >= 4 is 10.0 Å². The van der Waals surface area contributed by atoms with E-state index in [9.17, 15) is 13.5 Å². The lowest BCUT2D eigenvalue weighted by Gasteiger charge is -2.34. The molecule has 3 rings (SSSR count). The maximum atomic E-state index is 12.6. The lowest BCUT2D eigenvalue weighted by atomic mass is 10.1. The molecule has 0 amide bonds. The van der Waals surface area contributed by atoms with Crippen molar-refractivity contribution in [1.82, 2.24) is 9.21 Å². The Morgan fingerprint density at radius 1 is 0.875 bits per heavy atom.